The zero-order valence-electron chi connectivity index (χ0n) is 19.0. The Hall–Kier alpha value is -3.35. The average Bonchev–Trinajstić information content (AvgIpc) is 3.19. The molecule has 0 saturated carbocycles. The third-order valence-corrected chi connectivity index (χ3v) is 8.27. The molecular weight excluding hydrogens is 423 g/mol. The fourth-order valence-electron chi connectivity index (χ4n) is 5.63. The van der Waals surface area contributed by atoms with Gasteiger partial charge in [0.1, 0.15) is 19.9 Å². The zero-order valence-corrected chi connectivity index (χ0v) is 20.0. The van der Waals surface area contributed by atoms with Gasteiger partial charge >= 0.3 is 0 Å². The van der Waals surface area contributed by atoms with Crippen LogP contribution in [-0.4, -0.2) is 6.35 Å². The number of benzene rings is 5. The summed E-state index contributed by atoms with van der Waals surface area (Å²) in [5.41, 5.74) is 8.61. The van der Waals surface area contributed by atoms with Crippen molar-refractivity contribution in [3.63, 3.8) is 0 Å². The van der Waals surface area contributed by atoms with Crippen molar-refractivity contribution in [1.29, 1.82) is 0 Å². The minimum Gasteiger partial charge on any atom is -0.485 e. The smallest absolute Gasteiger partial charge is 0.144 e. The monoisotopic (exact) mass is 448 g/mol. The van der Waals surface area contributed by atoms with E-state index in [0.29, 0.717) is 6.35 Å². The van der Waals surface area contributed by atoms with Crippen molar-refractivity contribution in [1.82, 2.24) is 0 Å². The molecule has 5 aromatic carbocycles. The van der Waals surface area contributed by atoms with Gasteiger partial charge in [-0.3, -0.25) is 0 Å². The van der Waals surface area contributed by atoms with Crippen molar-refractivity contribution in [2.75, 3.05) is 6.35 Å². The molecule has 0 aliphatic carbocycles. The van der Waals surface area contributed by atoms with Crippen molar-refractivity contribution >= 4 is 34.7 Å². The highest BCUT2D eigenvalue weighted by atomic mass is 31.1. The lowest BCUT2D eigenvalue weighted by atomic mass is 9.83. The highest BCUT2D eigenvalue weighted by Crippen LogP contribution is 2.47. The maximum Gasteiger partial charge on any atom is 0.144 e. The van der Waals surface area contributed by atoms with E-state index < -0.39 is 7.80 Å². The van der Waals surface area contributed by atoms with E-state index in [2.05, 4.69) is 87.5 Å². The van der Waals surface area contributed by atoms with E-state index in [4.69, 9.17) is 4.74 Å². The summed E-state index contributed by atoms with van der Waals surface area (Å²) in [4.78, 5) is 0. The highest BCUT2D eigenvalue weighted by Gasteiger charge is 2.26. The summed E-state index contributed by atoms with van der Waals surface area (Å²) in [5.74, 6) is 0.763. The Kier molecular flexibility index (Phi) is 4.67. The van der Waals surface area contributed by atoms with Gasteiger partial charge in [-0.25, -0.2) is 0 Å². The molecule has 1 aliphatic rings. The predicted molar refractivity (Wildman–Crippen MR) is 141 cm³/mol. The van der Waals surface area contributed by atoms with Gasteiger partial charge < -0.3 is 9.30 Å². The highest BCUT2D eigenvalue weighted by molar-refractivity contribution is 7.54. The van der Waals surface area contributed by atoms with Crippen molar-refractivity contribution in [3.05, 3.63) is 95.6 Å². The standard InChI is InChI=1S/C30H25O2P/c1-18-15-19(2)27(20(3)16-18)29-23-11-6-4-9-21(23)28(22-10-5-7-12-24(22)29)25-13-8-14-26-30(25)33(31)17-32-26/h4-16,33H,17H2,1-3H3. The lowest BCUT2D eigenvalue weighted by Gasteiger charge is -2.21. The Morgan fingerprint density at radius 1 is 0.667 bits per heavy atom. The minimum absolute atomic E-state index is 0.298. The molecule has 1 heterocycles. The van der Waals surface area contributed by atoms with Gasteiger partial charge in [0.25, 0.3) is 0 Å². The van der Waals surface area contributed by atoms with Crippen LogP contribution in [0.4, 0.5) is 0 Å². The fourth-order valence-corrected chi connectivity index (χ4v) is 7.00. The summed E-state index contributed by atoms with van der Waals surface area (Å²) in [6.45, 7) is 6.57. The van der Waals surface area contributed by atoms with Crippen molar-refractivity contribution in [2.45, 2.75) is 20.8 Å². The summed E-state index contributed by atoms with van der Waals surface area (Å²) in [7, 11) is -1.98. The molecule has 3 heteroatoms. The van der Waals surface area contributed by atoms with E-state index in [9.17, 15) is 4.57 Å². The topological polar surface area (TPSA) is 26.3 Å². The molecule has 1 atom stereocenters. The number of fused-ring (bicyclic) bond motifs is 3. The fraction of sp³-hybridized carbons (Fsp3) is 0.133. The number of hydrogen-bond donors (Lipinski definition) is 0. The first kappa shape index (κ1) is 20.3. The molecule has 0 aromatic heterocycles. The lowest BCUT2D eigenvalue weighted by molar-refractivity contribution is 0.397. The van der Waals surface area contributed by atoms with Gasteiger partial charge in [0.15, 0.2) is 0 Å². The Balaban J connectivity index is 1.83. The second-order valence-electron chi connectivity index (χ2n) is 9.01. The largest absolute Gasteiger partial charge is 0.485 e. The molecule has 0 amide bonds. The Morgan fingerprint density at radius 2 is 1.21 bits per heavy atom. The van der Waals surface area contributed by atoms with Crippen LogP contribution in [0.1, 0.15) is 16.7 Å². The van der Waals surface area contributed by atoms with E-state index in [1.54, 1.807) is 0 Å². The second-order valence-corrected chi connectivity index (χ2v) is 10.6. The normalized spacial score (nSPS) is 15.1. The summed E-state index contributed by atoms with van der Waals surface area (Å²) < 4.78 is 18.8. The molecule has 2 nitrogen and oxygen atoms in total. The molecule has 0 radical (unpaired) electrons. The first-order valence-electron chi connectivity index (χ1n) is 11.4. The van der Waals surface area contributed by atoms with Gasteiger partial charge in [0.2, 0.25) is 0 Å². The number of ether oxygens (including phenoxy) is 1. The van der Waals surface area contributed by atoms with Crippen molar-refractivity contribution < 1.29 is 9.30 Å². The molecule has 0 spiro atoms. The van der Waals surface area contributed by atoms with Gasteiger partial charge in [0.05, 0.1) is 5.30 Å². The van der Waals surface area contributed by atoms with E-state index in [1.165, 1.54) is 49.4 Å². The Labute approximate surface area is 194 Å². The maximum atomic E-state index is 13.0. The SMILES string of the molecule is Cc1cc(C)c(-c2c3ccccc3c(-c3cccc4c3[PH](=O)CO4)c3ccccc23)c(C)c1. The molecule has 0 fully saturated rings. The van der Waals surface area contributed by atoms with Crippen LogP contribution in [0.5, 0.6) is 5.75 Å². The number of hydrogen-bond acceptors (Lipinski definition) is 2. The van der Waals surface area contributed by atoms with Crippen LogP contribution in [0.2, 0.25) is 0 Å². The number of rotatable bonds is 2. The lowest BCUT2D eigenvalue weighted by Crippen LogP contribution is -2.01. The van der Waals surface area contributed by atoms with Crippen LogP contribution in [-0.2, 0) is 4.57 Å². The molecule has 6 rings (SSSR count). The van der Waals surface area contributed by atoms with Crippen LogP contribution in [0.15, 0.2) is 78.9 Å². The van der Waals surface area contributed by atoms with Gasteiger partial charge in [0, 0.05) is 0 Å². The van der Waals surface area contributed by atoms with E-state index in [0.717, 1.165) is 22.2 Å². The second kappa shape index (κ2) is 7.61. The van der Waals surface area contributed by atoms with E-state index >= 15 is 0 Å². The molecule has 5 aromatic rings. The van der Waals surface area contributed by atoms with Crippen LogP contribution in [0.25, 0.3) is 43.8 Å². The van der Waals surface area contributed by atoms with Gasteiger partial charge in [-0.2, -0.15) is 0 Å². The summed E-state index contributed by atoms with van der Waals surface area (Å²) >= 11 is 0. The predicted octanol–water partition coefficient (Wildman–Crippen LogP) is 7.79. The Bertz CT molecular complexity index is 1530. The molecule has 0 saturated heterocycles. The first-order chi connectivity index (χ1) is 16.0. The summed E-state index contributed by atoms with van der Waals surface area (Å²) in [6, 6.07) is 27.9. The molecule has 33 heavy (non-hydrogen) atoms. The summed E-state index contributed by atoms with van der Waals surface area (Å²) in [6.07, 6.45) is 0.298. The van der Waals surface area contributed by atoms with E-state index in [-0.39, 0.29) is 0 Å². The third kappa shape index (κ3) is 3.05. The summed E-state index contributed by atoms with van der Waals surface area (Å²) in [5, 5.41) is 5.68. The van der Waals surface area contributed by atoms with Crippen LogP contribution >= 0.6 is 7.80 Å². The number of aryl methyl sites for hydroxylation is 3. The van der Waals surface area contributed by atoms with Crippen molar-refractivity contribution in [2.24, 2.45) is 0 Å². The molecule has 1 aliphatic heterocycles. The quantitative estimate of drug-likeness (QED) is 0.204. The third-order valence-electron chi connectivity index (χ3n) is 6.79. The van der Waals surface area contributed by atoms with E-state index in [1.807, 2.05) is 12.1 Å². The van der Waals surface area contributed by atoms with Gasteiger partial charge in [-0.05, 0) is 81.8 Å². The first-order valence-corrected chi connectivity index (χ1v) is 13.0. The van der Waals surface area contributed by atoms with Crippen LogP contribution < -0.4 is 10.0 Å². The molecule has 162 valence electrons. The van der Waals surface area contributed by atoms with Gasteiger partial charge in [-0.1, -0.05) is 78.4 Å². The maximum absolute atomic E-state index is 13.0. The minimum atomic E-state index is -1.98. The van der Waals surface area contributed by atoms with Crippen molar-refractivity contribution in [3.8, 4) is 28.0 Å². The van der Waals surface area contributed by atoms with Gasteiger partial charge in [-0.15, -0.1) is 0 Å². The average molecular weight is 449 g/mol. The Morgan fingerprint density at radius 3 is 1.79 bits per heavy atom. The molecular formula is C30H25O2P. The molecule has 0 bridgehead atoms. The van der Waals surface area contributed by atoms with Crippen LogP contribution in [0.3, 0.4) is 0 Å². The molecule has 0 N–H and O–H groups in total. The molecule has 1 unspecified atom stereocenters. The zero-order chi connectivity index (χ0) is 22.7. The van der Waals surface area contributed by atoms with Crippen LogP contribution in [0, 0.1) is 20.8 Å².